The minimum Gasteiger partial charge on any atom is -0.340 e. The average molecular weight is 299 g/mol. The summed E-state index contributed by atoms with van der Waals surface area (Å²) in [5.41, 5.74) is 1.15. The van der Waals surface area contributed by atoms with Crippen molar-refractivity contribution in [3.05, 3.63) is 58.0 Å². The van der Waals surface area contributed by atoms with Gasteiger partial charge in [0, 0.05) is 25.4 Å². The molecule has 0 aliphatic rings. The van der Waals surface area contributed by atoms with Gasteiger partial charge in [0.25, 0.3) is 5.91 Å². The Labute approximate surface area is 130 Å². The van der Waals surface area contributed by atoms with Gasteiger partial charge >= 0.3 is 0 Å². The fourth-order valence-corrected chi connectivity index (χ4v) is 2.20. The summed E-state index contributed by atoms with van der Waals surface area (Å²) in [5, 5.41) is 4.28. The Kier molecular flexibility index (Phi) is 5.09. The molecule has 5 heteroatoms. The fourth-order valence-electron chi connectivity index (χ4n) is 2.20. The van der Waals surface area contributed by atoms with E-state index in [0.717, 1.165) is 18.5 Å². The van der Waals surface area contributed by atoms with Gasteiger partial charge in [-0.3, -0.25) is 9.59 Å². The van der Waals surface area contributed by atoms with Crippen LogP contribution in [-0.2, 0) is 0 Å². The summed E-state index contributed by atoms with van der Waals surface area (Å²) in [6.45, 7) is 4.48. The van der Waals surface area contributed by atoms with E-state index in [-0.39, 0.29) is 17.0 Å². The molecular weight excluding hydrogens is 278 g/mol. The highest BCUT2D eigenvalue weighted by atomic mass is 16.2. The molecule has 2 aromatic rings. The molecule has 0 aliphatic heterocycles. The number of aryl methyl sites for hydroxylation is 1. The van der Waals surface area contributed by atoms with E-state index in [2.05, 4.69) is 12.0 Å². The van der Waals surface area contributed by atoms with E-state index in [4.69, 9.17) is 0 Å². The van der Waals surface area contributed by atoms with Gasteiger partial charge in [-0.1, -0.05) is 31.5 Å². The van der Waals surface area contributed by atoms with Crippen LogP contribution < -0.4 is 5.43 Å². The number of aromatic nitrogens is 2. The maximum absolute atomic E-state index is 12.4. The van der Waals surface area contributed by atoms with E-state index in [0.29, 0.717) is 12.2 Å². The van der Waals surface area contributed by atoms with E-state index in [1.54, 1.807) is 23.6 Å². The Morgan fingerprint density at radius 1 is 1.27 bits per heavy atom. The van der Waals surface area contributed by atoms with Crippen LogP contribution in [0.3, 0.4) is 0 Å². The normalized spacial score (nSPS) is 10.5. The minimum atomic E-state index is -0.335. The molecule has 0 spiro atoms. The van der Waals surface area contributed by atoms with E-state index in [1.807, 2.05) is 30.3 Å². The zero-order valence-corrected chi connectivity index (χ0v) is 13.2. The molecule has 1 aromatic carbocycles. The first kappa shape index (κ1) is 15.9. The Balaban J connectivity index is 2.41. The largest absolute Gasteiger partial charge is 0.340 e. The third kappa shape index (κ3) is 3.42. The van der Waals surface area contributed by atoms with Gasteiger partial charge < -0.3 is 4.90 Å². The van der Waals surface area contributed by atoms with E-state index < -0.39 is 0 Å². The molecule has 0 radical (unpaired) electrons. The highest BCUT2D eigenvalue weighted by molar-refractivity contribution is 5.91. The number of benzene rings is 1. The zero-order chi connectivity index (χ0) is 16.1. The zero-order valence-electron chi connectivity index (χ0n) is 13.2. The van der Waals surface area contributed by atoms with Crippen LogP contribution in [0.1, 0.15) is 35.9 Å². The standard InChI is InChI=1S/C17H21N3O2/c1-4-5-11-19(3)17(22)16-15(21)12-13(2)20(18-16)14-9-7-6-8-10-14/h6-10,12H,4-5,11H2,1-3H3. The molecule has 0 saturated carbocycles. The van der Waals surface area contributed by atoms with Crippen molar-refractivity contribution in [2.45, 2.75) is 26.7 Å². The molecule has 2 rings (SSSR count). The first-order chi connectivity index (χ1) is 10.5. The van der Waals surface area contributed by atoms with E-state index >= 15 is 0 Å². The summed E-state index contributed by atoms with van der Waals surface area (Å²) >= 11 is 0. The summed E-state index contributed by atoms with van der Waals surface area (Å²) in [6, 6.07) is 10.9. The van der Waals surface area contributed by atoms with Crippen LogP contribution in [0.4, 0.5) is 0 Å². The summed E-state index contributed by atoms with van der Waals surface area (Å²) < 4.78 is 1.63. The maximum atomic E-state index is 12.4. The van der Waals surface area contributed by atoms with Crippen molar-refractivity contribution in [2.75, 3.05) is 13.6 Å². The molecule has 1 aromatic heterocycles. The molecule has 22 heavy (non-hydrogen) atoms. The lowest BCUT2D eigenvalue weighted by atomic mass is 10.2. The molecule has 116 valence electrons. The lowest BCUT2D eigenvalue weighted by Crippen LogP contribution is -2.34. The van der Waals surface area contributed by atoms with Gasteiger partial charge in [0.1, 0.15) is 0 Å². The predicted octanol–water partition coefficient (Wildman–Crippen LogP) is 2.41. The second-order valence-electron chi connectivity index (χ2n) is 5.33. The Hall–Kier alpha value is -2.43. The molecule has 0 fully saturated rings. The lowest BCUT2D eigenvalue weighted by molar-refractivity contribution is 0.0784. The molecule has 1 amide bonds. The van der Waals surface area contributed by atoms with Crippen LogP contribution in [0.5, 0.6) is 0 Å². The van der Waals surface area contributed by atoms with Crippen LogP contribution in [0.15, 0.2) is 41.2 Å². The third-order valence-electron chi connectivity index (χ3n) is 3.50. The molecule has 1 heterocycles. The van der Waals surface area contributed by atoms with Crippen molar-refractivity contribution >= 4 is 5.91 Å². The monoisotopic (exact) mass is 299 g/mol. The van der Waals surface area contributed by atoms with E-state index in [9.17, 15) is 9.59 Å². The fraction of sp³-hybridized carbons (Fsp3) is 0.353. The second-order valence-corrected chi connectivity index (χ2v) is 5.33. The predicted molar refractivity (Wildman–Crippen MR) is 86.4 cm³/mol. The average Bonchev–Trinajstić information content (AvgIpc) is 2.53. The van der Waals surface area contributed by atoms with Gasteiger partial charge in [0.15, 0.2) is 5.69 Å². The van der Waals surface area contributed by atoms with Crippen molar-refractivity contribution in [1.82, 2.24) is 14.7 Å². The molecular formula is C17H21N3O2. The number of para-hydroxylation sites is 1. The highest BCUT2D eigenvalue weighted by Crippen LogP contribution is 2.08. The van der Waals surface area contributed by atoms with Crippen LogP contribution in [0.25, 0.3) is 5.69 Å². The van der Waals surface area contributed by atoms with Crippen molar-refractivity contribution in [2.24, 2.45) is 0 Å². The quantitative estimate of drug-likeness (QED) is 0.852. The van der Waals surface area contributed by atoms with Crippen LogP contribution in [0, 0.1) is 6.92 Å². The molecule has 0 saturated heterocycles. The van der Waals surface area contributed by atoms with Crippen LogP contribution in [0.2, 0.25) is 0 Å². The Bertz CT molecular complexity index is 708. The van der Waals surface area contributed by atoms with E-state index in [1.165, 1.54) is 6.07 Å². The van der Waals surface area contributed by atoms with Crippen LogP contribution >= 0.6 is 0 Å². The molecule has 0 bridgehead atoms. The maximum Gasteiger partial charge on any atom is 0.278 e. The molecule has 0 N–H and O–H groups in total. The number of hydrogen-bond acceptors (Lipinski definition) is 3. The molecule has 0 unspecified atom stereocenters. The third-order valence-corrected chi connectivity index (χ3v) is 3.50. The first-order valence-corrected chi connectivity index (χ1v) is 7.46. The summed E-state index contributed by atoms with van der Waals surface area (Å²) in [7, 11) is 1.70. The summed E-state index contributed by atoms with van der Waals surface area (Å²) in [6.07, 6.45) is 1.90. The first-order valence-electron chi connectivity index (χ1n) is 7.46. The Morgan fingerprint density at radius 2 is 1.95 bits per heavy atom. The number of rotatable bonds is 5. The topological polar surface area (TPSA) is 55.2 Å². The number of hydrogen-bond donors (Lipinski definition) is 0. The SMILES string of the molecule is CCCCN(C)C(=O)c1nn(-c2ccccc2)c(C)cc1=O. The van der Waals surface area contributed by atoms with Crippen LogP contribution in [-0.4, -0.2) is 34.2 Å². The van der Waals surface area contributed by atoms with Crippen molar-refractivity contribution in [3.8, 4) is 5.69 Å². The molecule has 0 atom stereocenters. The number of amides is 1. The van der Waals surface area contributed by atoms with Gasteiger partial charge in [-0.25, -0.2) is 4.68 Å². The highest BCUT2D eigenvalue weighted by Gasteiger charge is 2.18. The Morgan fingerprint density at radius 3 is 2.59 bits per heavy atom. The summed E-state index contributed by atoms with van der Waals surface area (Å²) in [4.78, 5) is 26.1. The van der Waals surface area contributed by atoms with Gasteiger partial charge in [0.2, 0.25) is 5.43 Å². The number of nitrogens with zero attached hydrogens (tertiary/aromatic N) is 3. The molecule has 5 nitrogen and oxygen atoms in total. The van der Waals surface area contributed by atoms with Gasteiger partial charge in [-0.05, 0) is 25.5 Å². The minimum absolute atomic E-state index is 0.0342. The van der Waals surface area contributed by atoms with Gasteiger partial charge in [-0.2, -0.15) is 5.10 Å². The molecule has 0 aliphatic carbocycles. The number of unbranched alkanes of at least 4 members (excludes halogenated alkanes) is 1. The second kappa shape index (κ2) is 7.02. The number of carbonyl (C=O) groups excluding carboxylic acids is 1. The van der Waals surface area contributed by atoms with Crippen molar-refractivity contribution in [1.29, 1.82) is 0 Å². The van der Waals surface area contributed by atoms with Crippen molar-refractivity contribution < 1.29 is 4.79 Å². The lowest BCUT2D eigenvalue weighted by Gasteiger charge is -2.17. The smallest absolute Gasteiger partial charge is 0.278 e. The summed E-state index contributed by atoms with van der Waals surface area (Å²) in [5.74, 6) is -0.330. The van der Waals surface area contributed by atoms with Gasteiger partial charge in [0.05, 0.1) is 5.69 Å². The number of carbonyl (C=O) groups is 1. The van der Waals surface area contributed by atoms with Crippen molar-refractivity contribution in [3.63, 3.8) is 0 Å². The van der Waals surface area contributed by atoms with Gasteiger partial charge in [-0.15, -0.1) is 0 Å².